The molecule has 34 heavy (non-hydrogen) atoms. The van der Waals surface area contributed by atoms with Crippen LogP contribution in [0.4, 0.5) is 5.69 Å². The molecule has 2 aromatic carbocycles. The Morgan fingerprint density at radius 2 is 1.91 bits per heavy atom. The van der Waals surface area contributed by atoms with Crippen LogP contribution in [0.1, 0.15) is 52.8 Å². The molecule has 2 aromatic rings. The average Bonchev–Trinajstić information content (AvgIpc) is 3.37. The van der Waals surface area contributed by atoms with Crippen molar-refractivity contribution in [2.24, 2.45) is 5.92 Å². The highest BCUT2D eigenvalue weighted by atomic mass is 35.5. The van der Waals surface area contributed by atoms with Gasteiger partial charge in [-0.25, -0.2) is 0 Å². The first-order chi connectivity index (χ1) is 16.4. The van der Waals surface area contributed by atoms with E-state index in [1.54, 1.807) is 36.4 Å². The topological polar surface area (TPSA) is 105 Å². The Labute approximate surface area is 210 Å². The Kier molecular flexibility index (Phi) is 9.86. The van der Waals surface area contributed by atoms with E-state index in [2.05, 4.69) is 16.0 Å². The first kappa shape index (κ1) is 26.1. The summed E-state index contributed by atoms with van der Waals surface area (Å²) < 4.78 is 5.34. The zero-order valence-corrected chi connectivity index (χ0v) is 20.8. The van der Waals surface area contributed by atoms with Crippen LogP contribution >= 0.6 is 23.2 Å². The molecule has 0 aromatic heterocycles. The van der Waals surface area contributed by atoms with Crippen molar-refractivity contribution in [1.82, 2.24) is 16.0 Å². The smallest absolute Gasteiger partial charge is 0.255 e. The number of halogens is 2. The van der Waals surface area contributed by atoms with Crippen molar-refractivity contribution >= 4 is 40.7 Å². The van der Waals surface area contributed by atoms with Gasteiger partial charge >= 0.3 is 0 Å². The van der Waals surface area contributed by atoms with Gasteiger partial charge in [-0.15, -0.1) is 0 Å². The molecule has 1 heterocycles. The number of hydrogen-bond donors (Lipinski definition) is 4. The van der Waals surface area contributed by atoms with Gasteiger partial charge in [0, 0.05) is 29.2 Å². The molecule has 5 N–H and O–H groups in total. The first-order valence-corrected chi connectivity index (χ1v) is 12.3. The Morgan fingerprint density at radius 1 is 1.15 bits per heavy atom. The number of amides is 2. The molecule has 0 saturated carbocycles. The second-order valence-electron chi connectivity index (χ2n) is 8.52. The lowest BCUT2D eigenvalue weighted by Crippen LogP contribution is -2.41. The van der Waals surface area contributed by atoms with Gasteiger partial charge < -0.3 is 26.4 Å². The predicted octanol–water partition coefficient (Wildman–Crippen LogP) is 4.28. The zero-order valence-electron chi connectivity index (χ0n) is 19.3. The fraction of sp³-hybridized carbons (Fsp3) is 0.440. The van der Waals surface area contributed by atoms with Crippen LogP contribution in [0.3, 0.4) is 0 Å². The fourth-order valence-electron chi connectivity index (χ4n) is 4.18. The number of carbonyl (C=O) groups excluding carboxylic acids is 2. The molecule has 0 radical (unpaired) electrons. The molecule has 1 saturated heterocycles. The van der Waals surface area contributed by atoms with Crippen LogP contribution in [-0.2, 0) is 0 Å². The monoisotopic (exact) mass is 506 g/mol. The summed E-state index contributed by atoms with van der Waals surface area (Å²) >= 11 is 12.0. The molecule has 9 heteroatoms. The molecule has 0 bridgehead atoms. The third kappa shape index (κ3) is 7.26. The lowest BCUT2D eigenvalue weighted by Gasteiger charge is -2.25. The second-order valence-corrected chi connectivity index (χ2v) is 9.36. The molecule has 7 nitrogen and oxygen atoms in total. The molecule has 3 rings (SSSR count). The fourth-order valence-corrected chi connectivity index (χ4v) is 4.47. The number of ether oxygens (including phenoxy) is 1. The highest BCUT2D eigenvalue weighted by Crippen LogP contribution is 2.29. The molecule has 2 amide bonds. The van der Waals surface area contributed by atoms with E-state index in [0.717, 1.165) is 45.2 Å². The van der Waals surface area contributed by atoms with Gasteiger partial charge in [-0.2, -0.15) is 0 Å². The molecule has 1 fully saturated rings. The SMILES string of the molecule is COc1cc(N)c(Cl)cc1C(=O)NC(CCCCCNC(=O)c1ccc(Cl)cc1)[C@@H]1CCNC1. The van der Waals surface area contributed by atoms with Gasteiger partial charge in [0.15, 0.2) is 0 Å². The van der Waals surface area contributed by atoms with Crippen molar-refractivity contribution in [1.29, 1.82) is 0 Å². The lowest BCUT2D eigenvalue weighted by atomic mass is 9.93. The maximum absolute atomic E-state index is 13.1. The van der Waals surface area contributed by atoms with Crippen LogP contribution in [0.25, 0.3) is 0 Å². The summed E-state index contributed by atoms with van der Waals surface area (Å²) in [6.07, 6.45) is 4.63. The van der Waals surface area contributed by atoms with Gasteiger partial charge in [-0.1, -0.05) is 36.0 Å². The normalized spacial score (nSPS) is 16.1. The maximum Gasteiger partial charge on any atom is 0.255 e. The summed E-state index contributed by atoms with van der Waals surface area (Å²) in [6.45, 7) is 2.43. The average molecular weight is 507 g/mol. The van der Waals surface area contributed by atoms with Crippen LogP contribution < -0.4 is 26.4 Å². The molecular weight excluding hydrogens is 475 g/mol. The van der Waals surface area contributed by atoms with Gasteiger partial charge in [0.25, 0.3) is 11.8 Å². The predicted molar refractivity (Wildman–Crippen MR) is 137 cm³/mol. The van der Waals surface area contributed by atoms with E-state index in [1.807, 2.05) is 0 Å². The Morgan fingerprint density at radius 3 is 2.59 bits per heavy atom. The number of hydrogen-bond acceptors (Lipinski definition) is 5. The summed E-state index contributed by atoms with van der Waals surface area (Å²) in [5.74, 6) is 0.448. The van der Waals surface area contributed by atoms with Crippen LogP contribution in [-0.4, -0.2) is 44.6 Å². The summed E-state index contributed by atoms with van der Waals surface area (Å²) in [6, 6.07) is 9.99. The van der Waals surface area contributed by atoms with Crippen LogP contribution in [0.15, 0.2) is 36.4 Å². The van der Waals surface area contributed by atoms with Crippen molar-refractivity contribution < 1.29 is 14.3 Å². The molecule has 184 valence electrons. The maximum atomic E-state index is 13.1. The van der Waals surface area contributed by atoms with Gasteiger partial charge in [-0.05, 0) is 68.6 Å². The van der Waals surface area contributed by atoms with Crippen LogP contribution in [0, 0.1) is 5.92 Å². The molecule has 1 aliphatic rings. The number of nitrogens with two attached hydrogens (primary N) is 1. The summed E-state index contributed by atoms with van der Waals surface area (Å²) in [7, 11) is 1.50. The number of nitrogen functional groups attached to an aromatic ring is 1. The van der Waals surface area contributed by atoms with Gasteiger partial charge in [0.1, 0.15) is 5.75 Å². The minimum atomic E-state index is -0.217. The summed E-state index contributed by atoms with van der Waals surface area (Å²) in [5, 5.41) is 10.4. The number of rotatable bonds is 11. The Bertz CT molecular complexity index is 979. The second kappa shape index (κ2) is 12.8. The molecule has 1 unspecified atom stereocenters. The summed E-state index contributed by atoms with van der Waals surface area (Å²) in [5.41, 5.74) is 7.19. The zero-order chi connectivity index (χ0) is 24.5. The molecule has 0 aliphatic carbocycles. The van der Waals surface area contributed by atoms with Crippen molar-refractivity contribution in [3.8, 4) is 5.75 Å². The third-order valence-corrected chi connectivity index (χ3v) is 6.71. The molecule has 2 atom stereocenters. The van der Waals surface area contributed by atoms with Gasteiger partial charge in [0.05, 0.1) is 23.4 Å². The first-order valence-electron chi connectivity index (χ1n) is 11.6. The largest absolute Gasteiger partial charge is 0.496 e. The number of anilines is 1. The van der Waals surface area contributed by atoms with Crippen LogP contribution in [0.2, 0.25) is 10.0 Å². The summed E-state index contributed by atoms with van der Waals surface area (Å²) in [4.78, 5) is 25.2. The lowest BCUT2D eigenvalue weighted by molar-refractivity contribution is 0.0914. The number of benzene rings is 2. The standard InChI is InChI=1S/C25H32Cl2N4O3/c1-34-23-14-21(28)20(27)13-19(23)25(33)31-22(17-10-12-29-15-17)5-3-2-4-11-30-24(32)16-6-8-18(26)9-7-16/h6-9,13-14,17,22,29H,2-5,10-12,15,28H2,1H3,(H,30,32)(H,31,33)/t17-,22?/m1/s1. The minimum Gasteiger partial charge on any atom is -0.496 e. The quantitative estimate of drug-likeness (QED) is 0.268. The van der Waals surface area contributed by atoms with E-state index in [1.165, 1.54) is 7.11 Å². The number of nitrogens with one attached hydrogen (secondary N) is 3. The van der Waals surface area contributed by atoms with Crippen molar-refractivity contribution in [2.75, 3.05) is 32.5 Å². The Hall–Kier alpha value is -2.48. The van der Waals surface area contributed by atoms with E-state index in [9.17, 15) is 9.59 Å². The molecule has 0 spiro atoms. The number of unbranched alkanes of at least 4 members (excludes halogenated alkanes) is 2. The van der Waals surface area contributed by atoms with Gasteiger partial charge in [0.2, 0.25) is 0 Å². The van der Waals surface area contributed by atoms with E-state index < -0.39 is 0 Å². The highest BCUT2D eigenvalue weighted by molar-refractivity contribution is 6.33. The van der Waals surface area contributed by atoms with Crippen molar-refractivity contribution in [3.05, 3.63) is 57.6 Å². The number of carbonyl (C=O) groups is 2. The van der Waals surface area contributed by atoms with Crippen molar-refractivity contribution in [3.63, 3.8) is 0 Å². The molecule has 1 aliphatic heterocycles. The van der Waals surface area contributed by atoms with E-state index in [-0.39, 0.29) is 17.9 Å². The van der Waals surface area contributed by atoms with Gasteiger partial charge in [-0.3, -0.25) is 9.59 Å². The van der Waals surface area contributed by atoms with E-state index in [0.29, 0.717) is 45.1 Å². The highest BCUT2D eigenvalue weighted by Gasteiger charge is 2.27. The van der Waals surface area contributed by atoms with Crippen LogP contribution in [0.5, 0.6) is 5.75 Å². The molecular formula is C25H32Cl2N4O3. The minimum absolute atomic E-state index is 0.0344. The third-order valence-electron chi connectivity index (χ3n) is 6.13. The number of methoxy groups -OCH3 is 1. The van der Waals surface area contributed by atoms with E-state index >= 15 is 0 Å². The van der Waals surface area contributed by atoms with Crippen molar-refractivity contribution in [2.45, 2.75) is 38.1 Å². The Balaban J connectivity index is 1.49. The van der Waals surface area contributed by atoms with E-state index in [4.69, 9.17) is 33.7 Å².